The van der Waals surface area contributed by atoms with Crippen LogP contribution in [-0.2, 0) is 4.74 Å². The molecule has 2 heterocycles. The number of nitrogens with zero attached hydrogens (tertiary/aromatic N) is 3. The number of ether oxygens (including phenoxy) is 1. The summed E-state index contributed by atoms with van der Waals surface area (Å²) in [5, 5.41) is 2.95. The molecule has 0 bridgehead atoms. The Hall–Kier alpha value is -2.05. The number of fused-ring (bicyclic) bond motifs is 1. The molecule has 0 unspecified atom stereocenters. The third-order valence-corrected chi connectivity index (χ3v) is 3.56. The summed E-state index contributed by atoms with van der Waals surface area (Å²) in [7, 11) is 0. The second-order valence-electron chi connectivity index (χ2n) is 4.94. The quantitative estimate of drug-likeness (QED) is 0.896. The zero-order valence-electron chi connectivity index (χ0n) is 11.8. The number of carbonyl (C=O) groups excluding carboxylic acids is 1. The third kappa shape index (κ3) is 3.34. The molecule has 0 aliphatic carbocycles. The highest BCUT2D eigenvalue weighted by atomic mass is 16.5. The lowest BCUT2D eigenvalue weighted by atomic mass is 10.1. The van der Waals surface area contributed by atoms with Crippen molar-refractivity contribution in [2.24, 2.45) is 0 Å². The summed E-state index contributed by atoms with van der Waals surface area (Å²) in [6, 6.07) is 5.46. The summed E-state index contributed by atoms with van der Waals surface area (Å²) < 4.78 is 5.30. The van der Waals surface area contributed by atoms with Crippen LogP contribution in [0.4, 0.5) is 0 Å². The number of para-hydroxylation sites is 1. The number of benzene rings is 1. The number of morpholine rings is 1. The zero-order valence-corrected chi connectivity index (χ0v) is 11.8. The molecule has 110 valence electrons. The highest BCUT2D eigenvalue weighted by molar-refractivity contribution is 6.04. The number of hydrogen-bond donors (Lipinski definition) is 1. The fraction of sp³-hybridized carbons (Fsp3) is 0.400. The molecule has 6 nitrogen and oxygen atoms in total. The van der Waals surface area contributed by atoms with Crippen LogP contribution in [0.1, 0.15) is 10.4 Å². The predicted molar refractivity (Wildman–Crippen MR) is 79.1 cm³/mol. The Bertz CT molecular complexity index is 621. The first-order chi connectivity index (χ1) is 10.3. The van der Waals surface area contributed by atoms with E-state index < -0.39 is 0 Å². The van der Waals surface area contributed by atoms with Gasteiger partial charge in [-0.2, -0.15) is 0 Å². The molecule has 1 N–H and O–H groups in total. The van der Waals surface area contributed by atoms with Gasteiger partial charge in [0.15, 0.2) is 0 Å². The van der Waals surface area contributed by atoms with Gasteiger partial charge in [0.1, 0.15) is 5.52 Å². The third-order valence-electron chi connectivity index (χ3n) is 3.56. The van der Waals surface area contributed by atoms with Crippen LogP contribution in [0.15, 0.2) is 30.6 Å². The minimum Gasteiger partial charge on any atom is -0.379 e. The molecular formula is C15H18N4O2. The minimum absolute atomic E-state index is 0.102. The van der Waals surface area contributed by atoms with Gasteiger partial charge in [-0.15, -0.1) is 0 Å². The van der Waals surface area contributed by atoms with Crippen molar-refractivity contribution in [3.8, 4) is 0 Å². The van der Waals surface area contributed by atoms with Gasteiger partial charge in [0.05, 0.1) is 24.3 Å². The van der Waals surface area contributed by atoms with Gasteiger partial charge < -0.3 is 10.1 Å². The van der Waals surface area contributed by atoms with E-state index in [-0.39, 0.29) is 5.91 Å². The van der Waals surface area contributed by atoms with E-state index >= 15 is 0 Å². The molecular weight excluding hydrogens is 268 g/mol. The van der Waals surface area contributed by atoms with Crippen molar-refractivity contribution < 1.29 is 9.53 Å². The van der Waals surface area contributed by atoms with E-state index in [2.05, 4.69) is 20.2 Å². The lowest BCUT2D eigenvalue weighted by Crippen LogP contribution is -2.41. The lowest BCUT2D eigenvalue weighted by Gasteiger charge is -2.26. The normalized spacial score (nSPS) is 16.0. The van der Waals surface area contributed by atoms with Gasteiger partial charge in [-0.25, -0.2) is 0 Å². The number of rotatable bonds is 4. The Morgan fingerprint density at radius 2 is 2.05 bits per heavy atom. The molecule has 1 fully saturated rings. The molecule has 1 aliphatic heterocycles. The maximum atomic E-state index is 12.3. The van der Waals surface area contributed by atoms with Crippen LogP contribution in [0, 0.1) is 0 Å². The maximum absolute atomic E-state index is 12.3. The van der Waals surface area contributed by atoms with Gasteiger partial charge in [-0.1, -0.05) is 6.07 Å². The Kier molecular flexibility index (Phi) is 4.37. The molecule has 6 heteroatoms. The standard InChI is InChI=1S/C15H18N4O2/c20-15(18-6-7-19-8-10-21-11-9-19)12-2-1-3-13-14(12)17-5-4-16-13/h1-5H,6-11H2,(H,18,20). The second kappa shape index (κ2) is 6.60. The largest absolute Gasteiger partial charge is 0.379 e. The maximum Gasteiger partial charge on any atom is 0.253 e. The summed E-state index contributed by atoms with van der Waals surface area (Å²) in [5.41, 5.74) is 1.95. The summed E-state index contributed by atoms with van der Waals surface area (Å²) in [5.74, 6) is -0.102. The average molecular weight is 286 g/mol. The van der Waals surface area contributed by atoms with Gasteiger partial charge in [0.2, 0.25) is 0 Å². The number of aromatic nitrogens is 2. The number of amides is 1. The molecule has 2 aromatic rings. The number of hydrogen-bond acceptors (Lipinski definition) is 5. The Morgan fingerprint density at radius 1 is 1.24 bits per heavy atom. The van der Waals surface area contributed by atoms with E-state index in [1.54, 1.807) is 18.5 Å². The van der Waals surface area contributed by atoms with Gasteiger partial charge in [-0.05, 0) is 12.1 Å². The molecule has 0 saturated carbocycles. The van der Waals surface area contributed by atoms with Crippen LogP contribution >= 0.6 is 0 Å². The minimum atomic E-state index is -0.102. The second-order valence-corrected chi connectivity index (χ2v) is 4.94. The van der Waals surface area contributed by atoms with Crippen molar-refractivity contribution in [1.29, 1.82) is 0 Å². The molecule has 1 saturated heterocycles. The Labute approximate surface area is 123 Å². The van der Waals surface area contributed by atoms with Crippen LogP contribution in [0.5, 0.6) is 0 Å². The van der Waals surface area contributed by atoms with Crippen molar-refractivity contribution >= 4 is 16.9 Å². The van der Waals surface area contributed by atoms with Gasteiger partial charge in [0.25, 0.3) is 5.91 Å². The smallest absolute Gasteiger partial charge is 0.253 e. The molecule has 1 aromatic heterocycles. The topological polar surface area (TPSA) is 67.4 Å². The van der Waals surface area contributed by atoms with Gasteiger partial charge in [-0.3, -0.25) is 19.7 Å². The summed E-state index contributed by atoms with van der Waals surface area (Å²) in [4.78, 5) is 23.0. The first kappa shape index (κ1) is 13.9. The molecule has 3 rings (SSSR count). The van der Waals surface area contributed by atoms with Crippen LogP contribution in [-0.4, -0.2) is 60.2 Å². The number of carbonyl (C=O) groups is 1. The first-order valence-corrected chi connectivity index (χ1v) is 7.12. The van der Waals surface area contributed by atoms with Crippen LogP contribution in [0.3, 0.4) is 0 Å². The lowest BCUT2D eigenvalue weighted by molar-refractivity contribution is 0.0383. The van der Waals surface area contributed by atoms with Gasteiger partial charge in [0, 0.05) is 38.6 Å². The fourth-order valence-corrected chi connectivity index (χ4v) is 2.42. The van der Waals surface area contributed by atoms with Gasteiger partial charge >= 0.3 is 0 Å². The van der Waals surface area contributed by atoms with Crippen LogP contribution in [0.2, 0.25) is 0 Å². The molecule has 1 aromatic carbocycles. The highest BCUT2D eigenvalue weighted by Crippen LogP contribution is 2.13. The van der Waals surface area contributed by atoms with Crippen molar-refractivity contribution in [3.63, 3.8) is 0 Å². The SMILES string of the molecule is O=C(NCCN1CCOCC1)c1cccc2nccnc12. The van der Waals surface area contributed by atoms with E-state index in [1.807, 2.05) is 12.1 Å². The van der Waals surface area contributed by atoms with E-state index in [4.69, 9.17) is 4.74 Å². The zero-order chi connectivity index (χ0) is 14.5. The molecule has 1 amide bonds. The predicted octanol–water partition coefficient (Wildman–Crippen LogP) is 0.692. The Morgan fingerprint density at radius 3 is 2.90 bits per heavy atom. The molecule has 0 atom stereocenters. The summed E-state index contributed by atoms with van der Waals surface area (Å²) >= 11 is 0. The Balaban J connectivity index is 1.61. The summed E-state index contributed by atoms with van der Waals surface area (Å²) in [6.45, 7) is 4.85. The first-order valence-electron chi connectivity index (χ1n) is 7.12. The highest BCUT2D eigenvalue weighted by Gasteiger charge is 2.13. The van der Waals surface area contributed by atoms with E-state index in [1.165, 1.54) is 0 Å². The van der Waals surface area contributed by atoms with E-state index in [0.29, 0.717) is 17.6 Å². The molecule has 1 aliphatic rings. The van der Waals surface area contributed by atoms with Crippen molar-refractivity contribution in [1.82, 2.24) is 20.2 Å². The van der Waals surface area contributed by atoms with Crippen molar-refractivity contribution in [2.45, 2.75) is 0 Å². The van der Waals surface area contributed by atoms with Crippen LogP contribution < -0.4 is 5.32 Å². The molecule has 0 radical (unpaired) electrons. The molecule has 0 spiro atoms. The van der Waals surface area contributed by atoms with E-state index in [0.717, 1.165) is 38.4 Å². The average Bonchev–Trinajstić information content (AvgIpc) is 2.55. The molecule has 21 heavy (non-hydrogen) atoms. The monoisotopic (exact) mass is 286 g/mol. The summed E-state index contributed by atoms with van der Waals surface area (Å²) in [6.07, 6.45) is 3.23. The van der Waals surface area contributed by atoms with Crippen LogP contribution in [0.25, 0.3) is 11.0 Å². The van der Waals surface area contributed by atoms with Crippen molar-refractivity contribution in [2.75, 3.05) is 39.4 Å². The fourth-order valence-electron chi connectivity index (χ4n) is 2.42. The van der Waals surface area contributed by atoms with Crippen molar-refractivity contribution in [3.05, 3.63) is 36.2 Å². The van der Waals surface area contributed by atoms with E-state index in [9.17, 15) is 4.79 Å². The number of nitrogens with one attached hydrogen (secondary N) is 1.